The first-order valence-electron chi connectivity index (χ1n) is 8.82. The van der Waals surface area contributed by atoms with E-state index in [2.05, 4.69) is 78.6 Å². The molecule has 1 fully saturated rings. The van der Waals surface area contributed by atoms with Crippen molar-refractivity contribution in [2.24, 2.45) is 0 Å². The number of hydrogen-bond donors (Lipinski definition) is 0. The zero-order chi connectivity index (χ0) is 18.0. The molecule has 0 radical (unpaired) electrons. The Balaban J connectivity index is 3.68. The SMILES string of the molecule is C[Si](C)(C)C1([Si](C)(C)C)CCC([Si](C)(C)C)([Si](C)(C)C)P1Cl. The summed E-state index contributed by atoms with van der Waals surface area (Å²) in [5.41, 5.74) is 0. The topological polar surface area (TPSA) is 0 Å². The molecule has 0 N–H and O–H groups in total. The first-order chi connectivity index (χ1) is 9.36. The van der Waals surface area contributed by atoms with Crippen molar-refractivity contribution in [3.63, 3.8) is 0 Å². The van der Waals surface area contributed by atoms with Crippen molar-refractivity contribution in [1.29, 1.82) is 0 Å². The van der Waals surface area contributed by atoms with Gasteiger partial charge in [0.2, 0.25) is 0 Å². The standard InChI is InChI=1S/C16H40ClPSi4/c1-19(2,3)15(20(4,5)6)13-14-16(18(15)17,21(7,8)9)22(10,11)12/h13-14H2,1-12H3. The minimum Gasteiger partial charge on any atom is -0.0965 e. The summed E-state index contributed by atoms with van der Waals surface area (Å²) in [7, 11) is -5.66. The Morgan fingerprint density at radius 1 is 0.545 bits per heavy atom. The molecule has 0 bridgehead atoms. The van der Waals surface area contributed by atoms with Gasteiger partial charge in [0.25, 0.3) is 0 Å². The number of hydrogen-bond acceptors (Lipinski definition) is 0. The van der Waals surface area contributed by atoms with Gasteiger partial charge in [0, 0.05) is 0 Å². The fourth-order valence-corrected chi connectivity index (χ4v) is 51.3. The van der Waals surface area contributed by atoms with Crippen molar-refractivity contribution in [2.75, 3.05) is 0 Å². The molecule has 0 aromatic rings. The minimum absolute atomic E-state index is 0.394. The van der Waals surface area contributed by atoms with Crippen molar-refractivity contribution in [1.82, 2.24) is 0 Å². The van der Waals surface area contributed by atoms with Crippen LogP contribution >= 0.6 is 18.5 Å². The molecule has 132 valence electrons. The zero-order valence-corrected chi connectivity index (χ0v) is 22.9. The lowest BCUT2D eigenvalue weighted by molar-refractivity contribution is 0.775. The van der Waals surface area contributed by atoms with Crippen LogP contribution in [0.4, 0.5) is 0 Å². The molecule has 22 heavy (non-hydrogen) atoms. The maximum Gasteiger partial charge on any atom is 0.0540 e. The van der Waals surface area contributed by atoms with Crippen LogP contribution in [0.25, 0.3) is 0 Å². The molecule has 1 rings (SSSR count). The molecule has 1 aliphatic rings. The van der Waals surface area contributed by atoms with Gasteiger partial charge in [0.05, 0.1) is 32.3 Å². The summed E-state index contributed by atoms with van der Waals surface area (Å²) in [5, 5.41) is 0. The number of rotatable bonds is 4. The summed E-state index contributed by atoms with van der Waals surface area (Å²) < 4.78 is 1.11. The molecule has 1 aliphatic heterocycles. The molecule has 1 saturated heterocycles. The number of halogens is 1. The van der Waals surface area contributed by atoms with Crippen LogP contribution in [-0.4, -0.2) is 41.1 Å². The molecule has 0 aromatic heterocycles. The normalized spacial score (nSPS) is 23.9. The molecule has 1 heterocycles. The van der Waals surface area contributed by atoms with Crippen LogP contribution in [0.15, 0.2) is 0 Å². The molecular formula is C16H40ClPSi4. The average molecular weight is 411 g/mol. The largest absolute Gasteiger partial charge is 0.0965 e. The maximum atomic E-state index is 7.70. The Morgan fingerprint density at radius 3 is 0.818 bits per heavy atom. The van der Waals surface area contributed by atoms with Gasteiger partial charge < -0.3 is 0 Å². The maximum absolute atomic E-state index is 7.70. The van der Waals surface area contributed by atoms with E-state index in [1.54, 1.807) is 0 Å². The van der Waals surface area contributed by atoms with Crippen LogP contribution in [0.3, 0.4) is 0 Å². The third-order valence-corrected chi connectivity index (χ3v) is 42.4. The minimum atomic E-state index is -1.32. The molecule has 0 aliphatic carbocycles. The molecule has 0 atom stereocenters. The third-order valence-electron chi connectivity index (χ3n) is 6.48. The Morgan fingerprint density at radius 2 is 0.727 bits per heavy atom. The van der Waals surface area contributed by atoms with Crippen LogP contribution in [0.5, 0.6) is 0 Å². The van der Waals surface area contributed by atoms with E-state index in [0.29, 0.717) is 8.81 Å². The van der Waals surface area contributed by atoms with E-state index < -0.39 is 39.6 Å². The van der Waals surface area contributed by atoms with E-state index in [1.165, 1.54) is 12.8 Å². The quantitative estimate of drug-likeness (QED) is 0.334. The van der Waals surface area contributed by atoms with Crippen molar-refractivity contribution in [3.8, 4) is 0 Å². The molecule has 6 heteroatoms. The van der Waals surface area contributed by atoms with Crippen LogP contribution in [0.2, 0.25) is 78.6 Å². The summed E-state index contributed by atoms with van der Waals surface area (Å²) in [6.07, 6.45) is 2.89. The molecule has 0 nitrogen and oxygen atoms in total. The summed E-state index contributed by atoms with van der Waals surface area (Å²) in [5.74, 6) is 0. The Kier molecular flexibility index (Phi) is 5.71. The second kappa shape index (κ2) is 5.80. The first kappa shape index (κ1) is 21.6. The van der Waals surface area contributed by atoms with E-state index in [4.69, 9.17) is 11.2 Å². The van der Waals surface area contributed by atoms with Crippen molar-refractivity contribution in [3.05, 3.63) is 0 Å². The van der Waals surface area contributed by atoms with Crippen molar-refractivity contribution >= 4 is 50.8 Å². The first-order valence-corrected chi connectivity index (χ1v) is 25.1. The second-order valence-electron chi connectivity index (χ2n) is 11.5. The molecule has 0 unspecified atom stereocenters. The molecule has 0 saturated carbocycles. The van der Waals surface area contributed by atoms with Gasteiger partial charge in [0.1, 0.15) is 0 Å². The lowest BCUT2D eigenvalue weighted by atomic mass is 10.4. The van der Waals surface area contributed by atoms with Gasteiger partial charge in [-0.15, -0.1) is 0 Å². The average Bonchev–Trinajstić information content (AvgIpc) is 2.49. The lowest BCUT2D eigenvalue weighted by Gasteiger charge is -2.58. The van der Waals surface area contributed by atoms with E-state index >= 15 is 0 Å². The highest BCUT2D eigenvalue weighted by Gasteiger charge is 2.71. The van der Waals surface area contributed by atoms with E-state index in [-0.39, 0.29) is 0 Å². The third kappa shape index (κ3) is 2.86. The van der Waals surface area contributed by atoms with Crippen molar-refractivity contribution < 1.29 is 0 Å². The summed E-state index contributed by atoms with van der Waals surface area (Å²) in [6.45, 7) is 31.4. The van der Waals surface area contributed by atoms with Gasteiger partial charge in [0.15, 0.2) is 0 Å². The van der Waals surface area contributed by atoms with Gasteiger partial charge in [-0.05, 0) is 28.9 Å². The second-order valence-corrected chi connectivity index (χ2v) is 38.7. The fraction of sp³-hybridized carbons (Fsp3) is 1.00. The molecule has 0 amide bonds. The lowest BCUT2D eigenvalue weighted by Crippen LogP contribution is -2.67. The van der Waals surface area contributed by atoms with Crippen LogP contribution in [-0.2, 0) is 0 Å². The van der Waals surface area contributed by atoms with Crippen LogP contribution < -0.4 is 0 Å². The predicted octanol–water partition coefficient (Wildman–Crippen LogP) is 7.40. The van der Waals surface area contributed by atoms with Gasteiger partial charge in [-0.1, -0.05) is 89.8 Å². The highest BCUT2D eigenvalue weighted by molar-refractivity contribution is 7.94. The summed E-state index contributed by atoms with van der Waals surface area (Å²) in [4.78, 5) is 0. The van der Waals surface area contributed by atoms with Crippen LogP contribution in [0.1, 0.15) is 12.8 Å². The highest BCUT2D eigenvalue weighted by atomic mass is 35.7. The van der Waals surface area contributed by atoms with Gasteiger partial charge in [-0.3, -0.25) is 0 Å². The van der Waals surface area contributed by atoms with Gasteiger partial charge in [-0.25, -0.2) is 0 Å². The highest BCUT2D eigenvalue weighted by Crippen LogP contribution is 2.80. The Hall–Kier alpha value is 1.59. The molecule has 0 aromatic carbocycles. The van der Waals surface area contributed by atoms with Crippen molar-refractivity contribution in [2.45, 2.75) is 100 Å². The monoisotopic (exact) mass is 410 g/mol. The molecule has 0 spiro atoms. The predicted molar refractivity (Wildman–Crippen MR) is 121 cm³/mol. The Labute approximate surface area is 150 Å². The fourth-order valence-electron chi connectivity index (χ4n) is 5.81. The van der Waals surface area contributed by atoms with E-state index in [1.807, 2.05) is 0 Å². The zero-order valence-electron chi connectivity index (χ0n) is 17.2. The molecular weight excluding hydrogens is 371 g/mol. The van der Waals surface area contributed by atoms with Gasteiger partial charge in [-0.2, -0.15) is 0 Å². The van der Waals surface area contributed by atoms with Crippen LogP contribution in [0, 0.1) is 0 Å². The smallest absolute Gasteiger partial charge is 0.0540 e. The Bertz CT molecular complexity index is 355. The summed E-state index contributed by atoms with van der Waals surface area (Å²) >= 11 is 7.70. The summed E-state index contributed by atoms with van der Waals surface area (Å²) in [6, 6.07) is 0. The van der Waals surface area contributed by atoms with Gasteiger partial charge >= 0.3 is 0 Å². The van der Waals surface area contributed by atoms with E-state index in [9.17, 15) is 0 Å². The van der Waals surface area contributed by atoms with E-state index in [0.717, 1.165) is 0 Å².